The molecule has 0 aromatic heterocycles. The zero-order chi connectivity index (χ0) is 11.3. The number of nitrogens with zero attached hydrogens (tertiary/aromatic N) is 1. The number of hydrogen-bond acceptors (Lipinski definition) is 2. The van der Waals surface area contributed by atoms with Gasteiger partial charge in [-0.1, -0.05) is 15.9 Å². The van der Waals surface area contributed by atoms with Crippen LogP contribution in [-0.4, -0.2) is 18.3 Å². The third-order valence-corrected chi connectivity index (χ3v) is 4.45. The van der Waals surface area contributed by atoms with Gasteiger partial charge in [-0.2, -0.15) is 0 Å². The lowest BCUT2D eigenvalue weighted by molar-refractivity contribution is 0.341. The molecule has 0 amide bonds. The first-order chi connectivity index (χ1) is 7.72. The molecule has 2 aliphatic rings. The summed E-state index contributed by atoms with van der Waals surface area (Å²) < 4.78 is 6.36. The molecule has 16 heavy (non-hydrogen) atoms. The summed E-state index contributed by atoms with van der Waals surface area (Å²) in [5.74, 6) is 0.639. The Morgan fingerprint density at radius 3 is 2.94 bits per heavy atom. The fourth-order valence-corrected chi connectivity index (χ4v) is 3.32. The highest BCUT2D eigenvalue weighted by molar-refractivity contribution is 9.10. The van der Waals surface area contributed by atoms with E-state index in [4.69, 9.17) is 17.0 Å². The Morgan fingerprint density at radius 1 is 1.50 bits per heavy atom. The number of methoxy groups -OCH3 is 1. The molecule has 84 valence electrons. The largest absolute Gasteiger partial charge is 0.474 e. The van der Waals surface area contributed by atoms with Crippen molar-refractivity contribution in [3.63, 3.8) is 0 Å². The lowest BCUT2D eigenvalue weighted by atomic mass is 9.78. The van der Waals surface area contributed by atoms with Crippen LogP contribution < -0.4 is 4.90 Å². The van der Waals surface area contributed by atoms with Crippen molar-refractivity contribution in [3.8, 4) is 0 Å². The van der Waals surface area contributed by atoms with E-state index in [1.165, 1.54) is 24.1 Å². The second kappa shape index (κ2) is 3.70. The maximum absolute atomic E-state index is 5.28. The van der Waals surface area contributed by atoms with Gasteiger partial charge in [-0.3, -0.25) is 4.90 Å². The number of hydrogen-bond donors (Lipinski definition) is 0. The van der Waals surface area contributed by atoms with Crippen LogP contribution >= 0.6 is 28.1 Å². The summed E-state index contributed by atoms with van der Waals surface area (Å²) in [5, 5.41) is 0.593. The summed E-state index contributed by atoms with van der Waals surface area (Å²) in [6.07, 6.45) is 2.47. The van der Waals surface area contributed by atoms with Crippen LogP contribution in [0.3, 0.4) is 0 Å². The first-order valence-electron chi connectivity index (χ1n) is 5.39. The molecule has 0 saturated heterocycles. The third kappa shape index (κ3) is 1.32. The quantitative estimate of drug-likeness (QED) is 0.681. The van der Waals surface area contributed by atoms with Crippen LogP contribution in [0.2, 0.25) is 0 Å². The molecule has 2 nitrogen and oxygen atoms in total. The van der Waals surface area contributed by atoms with Gasteiger partial charge in [-0.05, 0) is 48.8 Å². The van der Waals surface area contributed by atoms with E-state index in [0.717, 1.165) is 4.47 Å². The molecule has 4 heteroatoms. The Morgan fingerprint density at radius 2 is 2.31 bits per heavy atom. The molecular formula is C12H12BrNOS. The Balaban J connectivity index is 2.08. The van der Waals surface area contributed by atoms with E-state index in [0.29, 0.717) is 17.1 Å². The number of halogens is 1. The van der Waals surface area contributed by atoms with Crippen molar-refractivity contribution in [2.75, 3.05) is 12.0 Å². The van der Waals surface area contributed by atoms with Crippen LogP contribution in [0.15, 0.2) is 22.7 Å². The molecule has 0 bridgehead atoms. The van der Waals surface area contributed by atoms with Gasteiger partial charge in [-0.25, -0.2) is 0 Å². The molecule has 0 radical (unpaired) electrons. The standard InChI is InChI=1S/C12H12BrNOS/c1-15-12(16)14-10-5-3-8(10)9-6-7(13)2-4-11(9)14/h2,4,6,8,10H,3,5H2,1H3. The van der Waals surface area contributed by atoms with Crippen molar-refractivity contribution >= 4 is 39.0 Å². The fourth-order valence-electron chi connectivity index (χ4n) is 2.71. The average Bonchev–Trinajstić information content (AvgIpc) is 2.44. The average molecular weight is 298 g/mol. The minimum atomic E-state index is 0.525. The van der Waals surface area contributed by atoms with Gasteiger partial charge in [0.25, 0.3) is 5.17 Å². The Kier molecular flexibility index (Phi) is 2.44. The lowest BCUT2D eigenvalue weighted by Crippen LogP contribution is -2.43. The molecule has 1 aromatic carbocycles. The van der Waals surface area contributed by atoms with Crippen LogP contribution in [0.1, 0.15) is 24.3 Å². The van der Waals surface area contributed by atoms with Gasteiger partial charge >= 0.3 is 0 Å². The molecule has 2 atom stereocenters. The molecule has 1 fully saturated rings. The smallest absolute Gasteiger partial charge is 0.263 e. The van der Waals surface area contributed by atoms with Crippen molar-refractivity contribution in [1.82, 2.24) is 0 Å². The maximum Gasteiger partial charge on any atom is 0.263 e. The van der Waals surface area contributed by atoms with Gasteiger partial charge < -0.3 is 4.74 Å². The molecule has 1 heterocycles. The third-order valence-electron chi connectivity index (χ3n) is 3.59. The van der Waals surface area contributed by atoms with Gasteiger partial charge in [0.05, 0.1) is 7.11 Å². The molecule has 3 rings (SSSR count). The molecule has 0 N–H and O–H groups in total. The number of benzene rings is 1. The van der Waals surface area contributed by atoms with E-state index in [9.17, 15) is 0 Å². The van der Waals surface area contributed by atoms with Gasteiger partial charge in [0.2, 0.25) is 0 Å². The van der Waals surface area contributed by atoms with Crippen molar-refractivity contribution < 1.29 is 4.74 Å². The molecule has 2 unspecified atom stereocenters. The Labute approximate surface area is 109 Å². The highest BCUT2D eigenvalue weighted by Gasteiger charge is 2.46. The van der Waals surface area contributed by atoms with Gasteiger partial charge in [0, 0.05) is 22.1 Å². The van der Waals surface area contributed by atoms with Crippen LogP contribution in [0.4, 0.5) is 5.69 Å². The van der Waals surface area contributed by atoms with E-state index in [-0.39, 0.29) is 0 Å². The van der Waals surface area contributed by atoms with Crippen molar-refractivity contribution in [3.05, 3.63) is 28.2 Å². The van der Waals surface area contributed by atoms with Crippen molar-refractivity contribution in [1.29, 1.82) is 0 Å². The Hall–Kier alpha value is -0.610. The number of anilines is 1. The molecule has 1 aromatic rings. The Bertz CT molecular complexity index is 462. The van der Waals surface area contributed by atoms with Crippen LogP contribution in [0.25, 0.3) is 0 Å². The SMILES string of the molecule is COC(=S)N1c2ccc(Br)cc2C2CCC21. The summed E-state index contributed by atoms with van der Waals surface area (Å²) >= 11 is 8.81. The monoisotopic (exact) mass is 297 g/mol. The zero-order valence-electron chi connectivity index (χ0n) is 8.94. The van der Waals surface area contributed by atoms with Gasteiger partial charge in [0.15, 0.2) is 0 Å². The van der Waals surface area contributed by atoms with Crippen LogP contribution in [-0.2, 0) is 4.74 Å². The zero-order valence-corrected chi connectivity index (χ0v) is 11.3. The highest BCUT2D eigenvalue weighted by atomic mass is 79.9. The predicted molar refractivity (Wildman–Crippen MR) is 72.0 cm³/mol. The van der Waals surface area contributed by atoms with E-state index in [1.54, 1.807) is 7.11 Å². The molecule has 0 spiro atoms. The summed E-state index contributed by atoms with van der Waals surface area (Å²) in [5.41, 5.74) is 2.63. The summed E-state index contributed by atoms with van der Waals surface area (Å²) in [7, 11) is 1.65. The van der Waals surface area contributed by atoms with E-state index in [2.05, 4.69) is 39.0 Å². The summed E-state index contributed by atoms with van der Waals surface area (Å²) in [6.45, 7) is 0. The second-order valence-electron chi connectivity index (χ2n) is 4.29. The van der Waals surface area contributed by atoms with Gasteiger partial charge in [0.1, 0.15) is 0 Å². The number of fused-ring (bicyclic) bond motifs is 3. The highest BCUT2D eigenvalue weighted by Crippen LogP contribution is 2.52. The molecular weight excluding hydrogens is 286 g/mol. The van der Waals surface area contributed by atoms with Crippen LogP contribution in [0.5, 0.6) is 0 Å². The summed E-state index contributed by atoms with van der Waals surface area (Å²) in [4.78, 5) is 2.17. The van der Waals surface area contributed by atoms with E-state index < -0.39 is 0 Å². The number of rotatable bonds is 0. The van der Waals surface area contributed by atoms with E-state index in [1.807, 2.05) is 0 Å². The van der Waals surface area contributed by atoms with Gasteiger partial charge in [-0.15, -0.1) is 0 Å². The molecule has 1 saturated carbocycles. The number of thiocarbonyl (C=S) groups is 1. The van der Waals surface area contributed by atoms with E-state index >= 15 is 0 Å². The topological polar surface area (TPSA) is 12.5 Å². The van der Waals surface area contributed by atoms with Crippen molar-refractivity contribution in [2.24, 2.45) is 0 Å². The number of ether oxygens (including phenoxy) is 1. The minimum Gasteiger partial charge on any atom is -0.474 e. The normalized spacial score (nSPS) is 25.8. The van der Waals surface area contributed by atoms with Crippen molar-refractivity contribution in [2.45, 2.75) is 24.8 Å². The lowest BCUT2D eigenvalue weighted by Gasteiger charge is -2.36. The minimum absolute atomic E-state index is 0.525. The second-order valence-corrected chi connectivity index (χ2v) is 5.56. The summed E-state index contributed by atoms with van der Waals surface area (Å²) in [6, 6.07) is 6.93. The first-order valence-corrected chi connectivity index (χ1v) is 6.59. The van der Waals surface area contributed by atoms with Crippen LogP contribution in [0, 0.1) is 0 Å². The first kappa shape index (κ1) is 10.5. The molecule has 1 aliphatic heterocycles. The fraction of sp³-hybridized carbons (Fsp3) is 0.417. The molecule has 1 aliphatic carbocycles. The maximum atomic E-state index is 5.28. The predicted octanol–water partition coefficient (Wildman–Crippen LogP) is 3.45.